The number of nitrogens with two attached hydrogens (primary N) is 1. The normalized spacial score (nSPS) is 13.3. The van der Waals surface area contributed by atoms with Crippen LogP contribution in [0.2, 0.25) is 0 Å². The number of nitrogen functional groups attached to an aromatic ring is 1. The van der Waals surface area contributed by atoms with Crippen LogP contribution in [0.3, 0.4) is 0 Å². The predicted octanol–water partition coefficient (Wildman–Crippen LogP) is 1.45. The Hall–Kier alpha value is -1.86. The molecule has 6 nitrogen and oxygen atoms in total. The summed E-state index contributed by atoms with van der Waals surface area (Å²) >= 11 is 0. The highest BCUT2D eigenvalue weighted by Gasteiger charge is 2.19. The van der Waals surface area contributed by atoms with Crippen molar-refractivity contribution in [1.29, 1.82) is 0 Å². The lowest BCUT2D eigenvalue weighted by Crippen LogP contribution is -2.35. The average Bonchev–Trinajstić information content (AvgIpc) is 2.87. The highest BCUT2D eigenvalue weighted by Crippen LogP contribution is 2.21. The number of benzene rings is 1. The van der Waals surface area contributed by atoms with Gasteiger partial charge in [-0.3, -0.25) is 0 Å². The summed E-state index contributed by atoms with van der Waals surface area (Å²) in [7, 11) is -3.59. The van der Waals surface area contributed by atoms with Crippen molar-refractivity contribution in [1.82, 2.24) is 14.3 Å². The maximum Gasteiger partial charge on any atom is 0.240 e. The van der Waals surface area contributed by atoms with Crippen molar-refractivity contribution < 1.29 is 8.42 Å². The van der Waals surface area contributed by atoms with E-state index in [2.05, 4.69) is 9.71 Å². The minimum absolute atomic E-state index is 0.195. The van der Waals surface area contributed by atoms with Gasteiger partial charge in [0.1, 0.15) is 0 Å². The number of anilines is 1. The maximum atomic E-state index is 12.4. The second-order valence-corrected chi connectivity index (χ2v) is 6.95. The van der Waals surface area contributed by atoms with E-state index in [1.54, 1.807) is 24.8 Å². The Morgan fingerprint density at radius 2 is 2.10 bits per heavy atom. The molecule has 1 unspecified atom stereocenters. The lowest BCUT2D eigenvalue weighted by molar-refractivity contribution is 0.520. The van der Waals surface area contributed by atoms with Gasteiger partial charge in [0, 0.05) is 30.7 Å². The molecule has 0 aliphatic rings. The smallest absolute Gasteiger partial charge is 0.240 e. The summed E-state index contributed by atoms with van der Waals surface area (Å²) in [6, 6.07) is 2.87. The van der Waals surface area contributed by atoms with Gasteiger partial charge >= 0.3 is 0 Å². The molecule has 0 bridgehead atoms. The van der Waals surface area contributed by atoms with Crippen LogP contribution in [-0.2, 0) is 16.6 Å². The third kappa shape index (κ3) is 3.62. The molecular weight excluding hydrogens is 288 g/mol. The Morgan fingerprint density at radius 1 is 1.38 bits per heavy atom. The Kier molecular flexibility index (Phi) is 4.34. The number of rotatable bonds is 5. The molecule has 3 N–H and O–H groups in total. The topological polar surface area (TPSA) is 90.0 Å². The first-order valence-corrected chi connectivity index (χ1v) is 8.12. The molecule has 0 fully saturated rings. The molecule has 7 heteroatoms. The van der Waals surface area contributed by atoms with Crippen LogP contribution in [0.25, 0.3) is 0 Å². The number of sulfonamides is 1. The molecule has 21 heavy (non-hydrogen) atoms. The molecule has 1 aromatic heterocycles. The van der Waals surface area contributed by atoms with E-state index < -0.39 is 10.0 Å². The fourth-order valence-corrected chi connectivity index (χ4v) is 3.44. The van der Waals surface area contributed by atoms with E-state index in [1.807, 2.05) is 25.3 Å². The Labute approximate surface area is 125 Å². The number of aryl methyl sites for hydroxylation is 1. The molecule has 0 radical (unpaired) electrons. The average molecular weight is 308 g/mol. The van der Waals surface area contributed by atoms with E-state index in [4.69, 9.17) is 5.73 Å². The van der Waals surface area contributed by atoms with Crippen molar-refractivity contribution in [2.45, 2.75) is 38.3 Å². The van der Waals surface area contributed by atoms with Crippen molar-refractivity contribution in [2.24, 2.45) is 0 Å². The second-order valence-electron chi connectivity index (χ2n) is 5.24. The minimum Gasteiger partial charge on any atom is -0.398 e. The zero-order chi connectivity index (χ0) is 15.6. The van der Waals surface area contributed by atoms with Gasteiger partial charge in [-0.05, 0) is 44.0 Å². The number of nitrogens with one attached hydrogen (secondary N) is 1. The highest BCUT2D eigenvalue weighted by atomic mass is 32.2. The summed E-state index contributed by atoms with van der Waals surface area (Å²) < 4.78 is 29.3. The summed E-state index contributed by atoms with van der Waals surface area (Å²) in [6.07, 6.45) is 5.10. The zero-order valence-electron chi connectivity index (χ0n) is 12.4. The van der Waals surface area contributed by atoms with E-state index in [1.165, 1.54) is 6.07 Å². The number of aromatic nitrogens is 2. The quantitative estimate of drug-likeness (QED) is 0.818. The van der Waals surface area contributed by atoms with Crippen LogP contribution in [0.5, 0.6) is 0 Å². The summed E-state index contributed by atoms with van der Waals surface area (Å²) in [6.45, 7) is 6.04. The molecule has 0 saturated carbocycles. The van der Waals surface area contributed by atoms with Gasteiger partial charge in [-0.1, -0.05) is 0 Å². The van der Waals surface area contributed by atoms with E-state index in [0.717, 1.165) is 11.1 Å². The van der Waals surface area contributed by atoms with Crippen LogP contribution in [0.4, 0.5) is 5.69 Å². The number of nitrogens with zero attached hydrogens (tertiary/aromatic N) is 2. The number of imidazole rings is 1. The fourth-order valence-electron chi connectivity index (χ4n) is 2.09. The summed E-state index contributed by atoms with van der Waals surface area (Å²) in [5.41, 5.74) is 8.10. The van der Waals surface area contributed by atoms with Crippen LogP contribution in [0, 0.1) is 13.8 Å². The van der Waals surface area contributed by atoms with Crippen LogP contribution < -0.4 is 10.5 Å². The van der Waals surface area contributed by atoms with Crippen molar-refractivity contribution in [3.05, 3.63) is 42.0 Å². The maximum absolute atomic E-state index is 12.4. The third-order valence-electron chi connectivity index (χ3n) is 3.39. The summed E-state index contributed by atoms with van der Waals surface area (Å²) in [5, 5.41) is 0. The molecule has 1 atom stereocenters. The van der Waals surface area contributed by atoms with Gasteiger partial charge < -0.3 is 10.3 Å². The molecule has 0 aliphatic carbocycles. The molecule has 0 saturated heterocycles. The number of hydrogen-bond donors (Lipinski definition) is 2. The van der Waals surface area contributed by atoms with E-state index in [9.17, 15) is 8.42 Å². The van der Waals surface area contributed by atoms with Crippen LogP contribution in [0.15, 0.2) is 35.7 Å². The standard InChI is InChI=1S/C14H20N4O2S/c1-10-6-13(7-14(15)12(10)3)21(19,20)17-11(2)8-18-5-4-16-9-18/h4-7,9,11,17H,8,15H2,1-3H3. The monoisotopic (exact) mass is 308 g/mol. The minimum atomic E-state index is -3.59. The van der Waals surface area contributed by atoms with E-state index in [0.29, 0.717) is 12.2 Å². The van der Waals surface area contributed by atoms with Gasteiger partial charge in [0.05, 0.1) is 11.2 Å². The molecular formula is C14H20N4O2S. The first-order valence-electron chi connectivity index (χ1n) is 6.64. The molecule has 0 spiro atoms. The van der Waals surface area contributed by atoms with Crippen LogP contribution in [0.1, 0.15) is 18.1 Å². The van der Waals surface area contributed by atoms with Gasteiger partial charge in [0.15, 0.2) is 0 Å². The van der Waals surface area contributed by atoms with Gasteiger partial charge in [-0.15, -0.1) is 0 Å². The summed E-state index contributed by atoms with van der Waals surface area (Å²) in [5.74, 6) is 0. The molecule has 2 rings (SSSR count). The Balaban J connectivity index is 2.18. The molecule has 1 aromatic carbocycles. The van der Waals surface area contributed by atoms with Gasteiger partial charge in [0.25, 0.3) is 0 Å². The van der Waals surface area contributed by atoms with Crippen LogP contribution >= 0.6 is 0 Å². The SMILES string of the molecule is Cc1cc(S(=O)(=O)NC(C)Cn2ccnc2)cc(N)c1C. The van der Waals surface area contributed by atoms with Gasteiger partial charge in [-0.25, -0.2) is 18.1 Å². The van der Waals surface area contributed by atoms with Crippen molar-refractivity contribution in [2.75, 3.05) is 5.73 Å². The van der Waals surface area contributed by atoms with Gasteiger partial charge in [0.2, 0.25) is 10.0 Å². The lowest BCUT2D eigenvalue weighted by atomic mass is 10.1. The van der Waals surface area contributed by atoms with Crippen molar-refractivity contribution in [3.63, 3.8) is 0 Å². The Bertz CT molecular complexity index is 700. The predicted molar refractivity (Wildman–Crippen MR) is 82.3 cm³/mol. The van der Waals surface area contributed by atoms with Gasteiger partial charge in [-0.2, -0.15) is 0 Å². The second kappa shape index (κ2) is 5.87. The lowest BCUT2D eigenvalue weighted by Gasteiger charge is -2.16. The fraction of sp³-hybridized carbons (Fsp3) is 0.357. The first kappa shape index (κ1) is 15.5. The van der Waals surface area contributed by atoms with Crippen molar-refractivity contribution >= 4 is 15.7 Å². The van der Waals surface area contributed by atoms with Crippen LogP contribution in [-0.4, -0.2) is 24.0 Å². The largest absolute Gasteiger partial charge is 0.398 e. The molecule has 0 aliphatic heterocycles. The molecule has 0 amide bonds. The summed E-state index contributed by atoms with van der Waals surface area (Å²) in [4.78, 5) is 4.13. The first-order chi connectivity index (χ1) is 9.79. The third-order valence-corrected chi connectivity index (χ3v) is 4.96. The number of hydrogen-bond acceptors (Lipinski definition) is 4. The molecule has 1 heterocycles. The zero-order valence-corrected chi connectivity index (χ0v) is 13.2. The molecule has 114 valence electrons. The van der Waals surface area contributed by atoms with E-state index in [-0.39, 0.29) is 10.9 Å². The van der Waals surface area contributed by atoms with E-state index >= 15 is 0 Å². The Morgan fingerprint density at radius 3 is 2.67 bits per heavy atom. The molecule has 2 aromatic rings. The highest BCUT2D eigenvalue weighted by molar-refractivity contribution is 7.89. The van der Waals surface area contributed by atoms with Crippen molar-refractivity contribution in [3.8, 4) is 0 Å².